The van der Waals surface area contributed by atoms with E-state index in [0.29, 0.717) is 30.7 Å². The molecule has 2 N–H and O–H groups in total. The van der Waals surface area contributed by atoms with Gasteiger partial charge in [-0.3, -0.25) is 9.59 Å². The predicted octanol–water partition coefficient (Wildman–Crippen LogP) is 2.61. The number of carboxylic acid groups (broad SMARTS) is 1. The molecule has 0 aliphatic rings. The summed E-state index contributed by atoms with van der Waals surface area (Å²) >= 11 is 0. The second-order valence-corrected chi connectivity index (χ2v) is 10.0. The van der Waals surface area contributed by atoms with Crippen molar-refractivity contribution >= 4 is 34.3 Å². The number of ether oxygens (including phenoxy) is 1. The third-order valence-corrected chi connectivity index (χ3v) is 7.04. The van der Waals surface area contributed by atoms with Crippen LogP contribution in [0.2, 0.25) is 0 Å². The minimum atomic E-state index is -4.12. The Morgan fingerprint density at radius 3 is 2.20 bits per heavy atom. The molecule has 0 aliphatic heterocycles. The number of amides is 1. The Hall–Kier alpha value is -2.66. The van der Waals surface area contributed by atoms with Crippen molar-refractivity contribution < 1.29 is 27.9 Å². The van der Waals surface area contributed by atoms with Crippen LogP contribution in [0.15, 0.2) is 59.5 Å². The molecule has 0 fully saturated rings. The van der Waals surface area contributed by atoms with Gasteiger partial charge in [0.15, 0.2) is 0 Å². The third-order valence-electron chi connectivity index (χ3n) is 5.17. The fourth-order valence-electron chi connectivity index (χ4n) is 3.43. The van der Waals surface area contributed by atoms with Crippen molar-refractivity contribution in [3.05, 3.63) is 60.2 Å². The second-order valence-electron chi connectivity index (χ2n) is 8.15. The summed E-state index contributed by atoms with van der Waals surface area (Å²) in [4.78, 5) is 25.7. The highest BCUT2D eigenvalue weighted by atomic mass is 35.5. The van der Waals surface area contributed by atoms with Gasteiger partial charge in [-0.15, -0.1) is 12.4 Å². The van der Waals surface area contributed by atoms with Gasteiger partial charge in [0.1, 0.15) is 11.8 Å². The summed E-state index contributed by atoms with van der Waals surface area (Å²) in [5.41, 5.74) is 0.682. The summed E-state index contributed by atoms with van der Waals surface area (Å²) in [6.07, 6.45) is 1.08. The third kappa shape index (κ3) is 9.48. The summed E-state index contributed by atoms with van der Waals surface area (Å²) in [6.45, 7) is 0.581. The lowest BCUT2D eigenvalue weighted by molar-refractivity contribution is -0.142. The minimum Gasteiger partial charge on any atom is -0.497 e. The predicted molar refractivity (Wildman–Crippen MR) is 136 cm³/mol. The lowest BCUT2D eigenvalue weighted by Crippen LogP contribution is -2.44. The van der Waals surface area contributed by atoms with Gasteiger partial charge < -0.3 is 20.1 Å². The van der Waals surface area contributed by atoms with Gasteiger partial charge in [-0.05, 0) is 63.2 Å². The number of benzene rings is 2. The van der Waals surface area contributed by atoms with Crippen molar-refractivity contribution in [3.63, 3.8) is 0 Å². The van der Waals surface area contributed by atoms with Gasteiger partial charge in [0, 0.05) is 13.1 Å². The van der Waals surface area contributed by atoms with E-state index >= 15 is 0 Å². The molecule has 0 radical (unpaired) electrons. The number of aliphatic carboxylic acids is 1. The van der Waals surface area contributed by atoms with Crippen LogP contribution >= 0.6 is 12.4 Å². The maximum absolute atomic E-state index is 13.5. The highest BCUT2D eigenvalue weighted by Crippen LogP contribution is 2.25. The van der Waals surface area contributed by atoms with E-state index in [0.717, 1.165) is 4.31 Å². The van der Waals surface area contributed by atoms with E-state index in [4.69, 9.17) is 4.74 Å². The van der Waals surface area contributed by atoms with Crippen molar-refractivity contribution in [3.8, 4) is 5.75 Å². The number of rotatable bonds is 14. The second kappa shape index (κ2) is 14.7. The molecule has 0 bridgehead atoms. The first-order valence-electron chi connectivity index (χ1n) is 11.0. The van der Waals surface area contributed by atoms with Crippen LogP contribution in [0.25, 0.3) is 0 Å². The highest BCUT2D eigenvalue weighted by Gasteiger charge is 2.35. The molecule has 0 spiro atoms. The quantitative estimate of drug-likeness (QED) is 0.363. The minimum absolute atomic E-state index is 0. The maximum atomic E-state index is 13.5. The van der Waals surface area contributed by atoms with Crippen LogP contribution in [0.1, 0.15) is 24.8 Å². The topological polar surface area (TPSA) is 116 Å². The van der Waals surface area contributed by atoms with Crippen molar-refractivity contribution in [1.29, 1.82) is 0 Å². The Balaban J connectivity index is 0.00000612. The molecule has 0 aromatic heterocycles. The molecule has 1 unspecified atom stereocenters. The van der Waals surface area contributed by atoms with Crippen LogP contribution in [0.3, 0.4) is 0 Å². The normalized spacial score (nSPS) is 12.1. The van der Waals surface area contributed by atoms with Gasteiger partial charge in [0.2, 0.25) is 15.9 Å². The van der Waals surface area contributed by atoms with Crippen molar-refractivity contribution in [2.75, 3.05) is 34.3 Å². The highest BCUT2D eigenvalue weighted by molar-refractivity contribution is 7.89. The Morgan fingerprint density at radius 1 is 1.03 bits per heavy atom. The Morgan fingerprint density at radius 2 is 1.66 bits per heavy atom. The van der Waals surface area contributed by atoms with Crippen LogP contribution in [0.5, 0.6) is 5.75 Å². The lowest BCUT2D eigenvalue weighted by Gasteiger charge is -2.28. The molecule has 2 aromatic rings. The van der Waals surface area contributed by atoms with Crippen LogP contribution in [0, 0.1) is 0 Å². The summed E-state index contributed by atoms with van der Waals surface area (Å²) in [7, 11) is 0.951. The molecule has 0 saturated heterocycles. The van der Waals surface area contributed by atoms with E-state index in [1.807, 2.05) is 6.07 Å². The molecule has 1 atom stereocenters. The van der Waals surface area contributed by atoms with E-state index in [-0.39, 0.29) is 42.7 Å². The van der Waals surface area contributed by atoms with Gasteiger partial charge in [0.05, 0.1) is 18.6 Å². The van der Waals surface area contributed by atoms with Crippen molar-refractivity contribution in [1.82, 2.24) is 14.5 Å². The monoisotopic (exact) mass is 527 g/mol. The first-order chi connectivity index (χ1) is 16.1. The van der Waals surface area contributed by atoms with E-state index in [1.54, 1.807) is 43.3 Å². The molecule has 2 aromatic carbocycles. The molecule has 0 heterocycles. The molecule has 9 nitrogen and oxygen atoms in total. The molecule has 0 aliphatic carbocycles. The molecule has 2 rings (SSSR count). The number of nitrogens with one attached hydrogen (secondary N) is 1. The van der Waals surface area contributed by atoms with Gasteiger partial charge in [-0.2, -0.15) is 4.31 Å². The smallest absolute Gasteiger partial charge is 0.322 e. The van der Waals surface area contributed by atoms with Crippen LogP contribution in [-0.4, -0.2) is 74.9 Å². The average molecular weight is 528 g/mol. The molecule has 1 amide bonds. The number of hydrogen-bond acceptors (Lipinski definition) is 6. The SMILES string of the molecule is COc1ccc(S(=O)(=O)N(Cc2ccccc2)C(CCCCNC(=O)CN(C)C)C(=O)O)cc1.Cl. The molecule has 194 valence electrons. The standard InChI is InChI=1S/C24H33N3O6S.ClH/c1-26(2)18-23(28)25-16-8-7-11-22(24(29)30)27(17-19-9-5-4-6-10-19)34(31,32)21-14-12-20(33-3)13-15-21;/h4-6,9-10,12-15,22H,7-8,11,16-18H2,1-3H3,(H,25,28)(H,29,30);1H. The number of halogens is 1. The van der Waals surface area contributed by atoms with Crippen LogP contribution in [0.4, 0.5) is 0 Å². The van der Waals surface area contributed by atoms with Crippen LogP contribution in [-0.2, 0) is 26.2 Å². The number of methoxy groups -OCH3 is 1. The van der Waals surface area contributed by atoms with Gasteiger partial charge in [-0.25, -0.2) is 8.42 Å². The van der Waals surface area contributed by atoms with Gasteiger partial charge in [0.25, 0.3) is 0 Å². The fourth-order valence-corrected chi connectivity index (χ4v) is 5.03. The van der Waals surface area contributed by atoms with Gasteiger partial charge >= 0.3 is 5.97 Å². The number of nitrogens with zero attached hydrogens (tertiary/aromatic N) is 2. The van der Waals surface area contributed by atoms with Gasteiger partial charge in [-0.1, -0.05) is 30.3 Å². The van der Waals surface area contributed by atoms with Crippen LogP contribution < -0.4 is 10.1 Å². The summed E-state index contributed by atoms with van der Waals surface area (Å²) in [5, 5.41) is 12.7. The Labute approximate surface area is 213 Å². The Bertz CT molecular complexity index is 1030. The number of hydrogen-bond donors (Lipinski definition) is 2. The van der Waals surface area contributed by atoms with E-state index in [2.05, 4.69) is 5.32 Å². The zero-order chi connectivity index (χ0) is 25.1. The summed E-state index contributed by atoms with van der Waals surface area (Å²) in [5.74, 6) is -0.836. The molecular weight excluding hydrogens is 494 g/mol. The maximum Gasteiger partial charge on any atom is 0.322 e. The number of likely N-dealkylation sites (N-methyl/N-ethyl adjacent to an activating group) is 1. The fraction of sp³-hybridized carbons (Fsp3) is 0.417. The molecular formula is C24H34ClN3O6S. The molecule has 11 heteroatoms. The molecule has 0 saturated carbocycles. The zero-order valence-electron chi connectivity index (χ0n) is 20.2. The number of sulfonamides is 1. The summed E-state index contributed by atoms with van der Waals surface area (Å²) in [6, 6.07) is 13.5. The molecule has 35 heavy (non-hydrogen) atoms. The number of carboxylic acids is 1. The zero-order valence-corrected chi connectivity index (χ0v) is 21.8. The Kier molecular flexibility index (Phi) is 12.7. The number of unbranched alkanes of at least 4 members (excludes halogenated alkanes) is 1. The number of carbonyl (C=O) groups excluding carboxylic acids is 1. The van der Waals surface area contributed by atoms with E-state index in [1.165, 1.54) is 31.4 Å². The largest absolute Gasteiger partial charge is 0.497 e. The van der Waals surface area contributed by atoms with Crippen molar-refractivity contribution in [2.24, 2.45) is 0 Å². The summed E-state index contributed by atoms with van der Waals surface area (Å²) < 4.78 is 33.2. The lowest BCUT2D eigenvalue weighted by atomic mass is 10.1. The first-order valence-corrected chi connectivity index (χ1v) is 12.4. The van der Waals surface area contributed by atoms with E-state index in [9.17, 15) is 23.1 Å². The first kappa shape index (κ1) is 30.4. The van der Waals surface area contributed by atoms with Crippen molar-refractivity contribution in [2.45, 2.75) is 36.7 Å². The number of carbonyl (C=O) groups is 2. The average Bonchev–Trinajstić information content (AvgIpc) is 2.80. The van der Waals surface area contributed by atoms with E-state index < -0.39 is 22.0 Å².